The van der Waals surface area contributed by atoms with Gasteiger partial charge in [-0.3, -0.25) is 9.69 Å². The number of carbonyl (C=O) groups excluding carboxylic acids is 1. The van der Waals surface area contributed by atoms with Gasteiger partial charge in [0.15, 0.2) is 5.13 Å². The van der Waals surface area contributed by atoms with E-state index in [2.05, 4.69) is 24.1 Å². The van der Waals surface area contributed by atoms with Crippen molar-refractivity contribution in [3.05, 3.63) is 11.1 Å². The zero-order chi connectivity index (χ0) is 15.1. The molecule has 20 heavy (non-hydrogen) atoms. The van der Waals surface area contributed by atoms with Crippen LogP contribution in [0.25, 0.3) is 0 Å². The molecule has 0 aliphatic rings. The van der Waals surface area contributed by atoms with Crippen LogP contribution >= 0.6 is 11.3 Å². The number of hydrogen-bond acceptors (Lipinski definition) is 5. The zero-order valence-electron chi connectivity index (χ0n) is 12.7. The van der Waals surface area contributed by atoms with E-state index < -0.39 is 0 Å². The minimum Gasteiger partial charge on any atom is -0.395 e. The van der Waals surface area contributed by atoms with Crippen LogP contribution in [0, 0.1) is 5.92 Å². The molecule has 0 saturated heterocycles. The van der Waals surface area contributed by atoms with Gasteiger partial charge in [-0.2, -0.15) is 0 Å². The number of carbonyl (C=O) groups is 1. The Morgan fingerprint density at radius 1 is 1.55 bits per heavy atom. The number of aromatic nitrogens is 1. The molecule has 0 saturated carbocycles. The Balaban J connectivity index is 2.57. The van der Waals surface area contributed by atoms with E-state index in [-0.39, 0.29) is 18.6 Å². The molecule has 1 atom stereocenters. The van der Waals surface area contributed by atoms with E-state index in [1.165, 1.54) is 11.3 Å². The number of anilines is 1. The largest absolute Gasteiger partial charge is 0.395 e. The predicted molar refractivity (Wildman–Crippen MR) is 83.0 cm³/mol. The van der Waals surface area contributed by atoms with E-state index in [1.807, 2.05) is 12.3 Å². The summed E-state index contributed by atoms with van der Waals surface area (Å²) in [5.41, 5.74) is 0.909. The Morgan fingerprint density at radius 2 is 2.25 bits per heavy atom. The molecule has 5 nitrogen and oxygen atoms in total. The number of aliphatic hydroxyl groups excluding tert-OH is 1. The van der Waals surface area contributed by atoms with Crippen LogP contribution in [0.3, 0.4) is 0 Å². The molecular formula is C14H25N3O2S. The maximum atomic E-state index is 11.5. The summed E-state index contributed by atoms with van der Waals surface area (Å²) in [6, 6.07) is 0.0928. The van der Waals surface area contributed by atoms with Gasteiger partial charge in [0.25, 0.3) is 0 Å². The summed E-state index contributed by atoms with van der Waals surface area (Å²) in [5, 5.41) is 15.3. The van der Waals surface area contributed by atoms with E-state index in [0.29, 0.717) is 19.0 Å². The monoisotopic (exact) mass is 299 g/mol. The van der Waals surface area contributed by atoms with Crippen LogP contribution in [0.15, 0.2) is 5.38 Å². The molecule has 0 bridgehead atoms. The van der Waals surface area contributed by atoms with Gasteiger partial charge in [0, 0.05) is 31.4 Å². The van der Waals surface area contributed by atoms with Gasteiger partial charge in [0.1, 0.15) is 0 Å². The van der Waals surface area contributed by atoms with E-state index in [4.69, 9.17) is 0 Å². The standard InChI is InChI=1S/C14H25N3O2S/c1-5-17(11(4)19)14-16-13(9-20-14)7-15-12(8-18)6-10(2)3/h9-10,12,15,18H,5-8H2,1-4H3. The van der Waals surface area contributed by atoms with Crippen LogP contribution in [0.2, 0.25) is 0 Å². The molecule has 1 unspecified atom stereocenters. The summed E-state index contributed by atoms with van der Waals surface area (Å²) in [6.07, 6.45) is 0.933. The molecule has 0 aliphatic carbocycles. The first-order valence-corrected chi connectivity index (χ1v) is 7.92. The van der Waals surface area contributed by atoms with Crippen molar-refractivity contribution in [2.24, 2.45) is 5.92 Å². The highest BCUT2D eigenvalue weighted by Gasteiger charge is 2.14. The third kappa shape index (κ3) is 5.19. The minimum absolute atomic E-state index is 0.00871. The van der Waals surface area contributed by atoms with Crippen LogP contribution in [-0.2, 0) is 11.3 Å². The predicted octanol–water partition coefficient (Wildman–Crippen LogP) is 2.01. The highest BCUT2D eigenvalue weighted by atomic mass is 32.1. The van der Waals surface area contributed by atoms with Gasteiger partial charge in [-0.25, -0.2) is 4.98 Å². The molecule has 0 aliphatic heterocycles. The fraction of sp³-hybridized carbons (Fsp3) is 0.714. The Kier molecular flexibility index (Phi) is 7.12. The van der Waals surface area contributed by atoms with Crippen LogP contribution in [-0.4, -0.2) is 35.2 Å². The van der Waals surface area contributed by atoms with E-state index >= 15 is 0 Å². The molecule has 114 valence electrons. The number of nitrogens with zero attached hydrogens (tertiary/aromatic N) is 2. The molecule has 6 heteroatoms. The number of hydrogen-bond donors (Lipinski definition) is 2. The second kappa shape index (κ2) is 8.34. The Bertz CT molecular complexity index is 420. The van der Waals surface area contributed by atoms with Crippen molar-refractivity contribution in [2.45, 2.75) is 46.7 Å². The number of rotatable bonds is 8. The van der Waals surface area contributed by atoms with Crippen molar-refractivity contribution in [1.29, 1.82) is 0 Å². The van der Waals surface area contributed by atoms with Crippen molar-refractivity contribution < 1.29 is 9.90 Å². The smallest absolute Gasteiger partial charge is 0.225 e. The van der Waals surface area contributed by atoms with Gasteiger partial charge in [0.2, 0.25) is 5.91 Å². The molecule has 0 radical (unpaired) electrons. The molecular weight excluding hydrogens is 274 g/mol. The summed E-state index contributed by atoms with van der Waals surface area (Å²) in [7, 11) is 0. The fourth-order valence-corrected chi connectivity index (χ4v) is 2.97. The van der Waals surface area contributed by atoms with E-state index in [1.54, 1.807) is 11.8 Å². The molecule has 2 N–H and O–H groups in total. The summed E-state index contributed by atoms with van der Waals surface area (Å²) in [5.74, 6) is 0.549. The molecule has 1 rings (SSSR count). The van der Waals surface area contributed by atoms with Crippen LogP contribution in [0.5, 0.6) is 0 Å². The normalized spacial score (nSPS) is 12.7. The lowest BCUT2D eigenvalue weighted by Crippen LogP contribution is -2.33. The highest BCUT2D eigenvalue weighted by Crippen LogP contribution is 2.20. The van der Waals surface area contributed by atoms with Gasteiger partial charge in [0.05, 0.1) is 12.3 Å². The second-order valence-corrected chi connectivity index (χ2v) is 6.11. The third-order valence-corrected chi connectivity index (χ3v) is 3.93. The maximum Gasteiger partial charge on any atom is 0.225 e. The Morgan fingerprint density at radius 3 is 2.75 bits per heavy atom. The zero-order valence-corrected chi connectivity index (χ0v) is 13.5. The van der Waals surface area contributed by atoms with E-state index in [9.17, 15) is 9.90 Å². The van der Waals surface area contributed by atoms with Crippen molar-refractivity contribution in [2.75, 3.05) is 18.1 Å². The number of thiazole rings is 1. The summed E-state index contributed by atoms with van der Waals surface area (Å²) in [6.45, 7) is 9.13. The van der Waals surface area contributed by atoms with Crippen LogP contribution in [0.4, 0.5) is 5.13 Å². The summed E-state index contributed by atoms with van der Waals surface area (Å²) in [4.78, 5) is 17.6. The molecule has 0 aromatic carbocycles. The van der Waals surface area contributed by atoms with Crippen molar-refractivity contribution in [1.82, 2.24) is 10.3 Å². The van der Waals surface area contributed by atoms with Gasteiger partial charge in [-0.1, -0.05) is 13.8 Å². The van der Waals surface area contributed by atoms with Crippen molar-refractivity contribution >= 4 is 22.4 Å². The first kappa shape index (κ1) is 17.1. The Labute approximate surface area is 125 Å². The number of nitrogens with one attached hydrogen (secondary N) is 1. The van der Waals surface area contributed by atoms with Crippen molar-refractivity contribution in [3.8, 4) is 0 Å². The van der Waals surface area contributed by atoms with Gasteiger partial charge < -0.3 is 10.4 Å². The topological polar surface area (TPSA) is 65.5 Å². The molecule has 1 aromatic rings. The number of aliphatic hydroxyl groups is 1. The number of amides is 1. The van der Waals surface area contributed by atoms with E-state index in [0.717, 1.165) is 17.2 Å². The first-order valence-electron chi connectivity index (χ1n) is 7.04. The second-order valence-electron chi connectivity index (χ2n) is 5.27. The average Bonchev–Trinajstić information content (AvgIpc) is 2.83. The lowest BCUT2D eigenvalue weighted by molar-refractivity contribution is -0.116. The van der Waals surface area contributed by atoms with Gasteiger partial charge in [-0.15, -0.1) is 11.3 Å². The van der Waals surface area contributed by atoms with Gasteiger partial charge in [-0.05, 0) is 19.3 Å². The Hall–Kier alpha value is -0.980. The average molecular weight is 299 g/mol. The third-order valence-electron chi connectivity index (χ3n) is 3.02. The molecule has 1 amide bonds. The van der Waals surface area contributed by atoms with Crippen LogP contribution < -0.4 is 10.2 Å². The summed E-state index contributed by atoms with van der Waals surface area (Å²) >= 11 is 1.48. The fourth-order valence-electron chi connectivity index (χ4n) is 2.03. The van der Waals surface area contributed by atoms with Gasteiger partial charge >= 0.3 is 0 Å². The van der Waals surface area contributed by atoms with Crippen molar-refractivity contribution in [3.63, 3.8) is 0 Å². The molecule has 1 heterocycles. The quantitative estimate of drug-likeness (QED) is 0.770. The first-order chi connectivity index (χ1) is 9.47. The maximum absolute atomic E-state index is 11.5. The molecule has 0 fully saturated rings. The lowest BCUT2D eigenvalue weighted by Gasteiger charge is -2.17. The molecule has 1 aromatic heterocycles. The highest BCUT2D eigenvalue weighted by molar-refractivity contribution is 7.14. The summed E-state index contributed by atoms with van der Waals surface area (Å²) < 4.78 is 0. The lowest BCUT2D eigenvalue weighted by atomic mass is 10.0. The molecule has 0 spiro atoms. The minimum atomic E-state index is 0.00871. The SMILES string of the molecule is CCN(C(C)=O)c1nc(CNC(CO)CC(C)C)cs1. The van der Waals surface area contributed by atoms with Crippen LogP contribution in [0.1, 0.15) is 39.8 Å².